The molecule has 1 saturated heterocycles. The molecule has 1 heterocycles. The van der Waals surface area contributed by atoms with Gasteiger partial charge < -0.3 is 29.7 Å². The van der Waals surface area contributed by atoms with Gasteiger partial charge in [0.05, 0.1) is 13.0 Å². The number of unbranched alkanes of at least 4 members (excludes halogenated alkanes) is 18. The summed E-state index contributed by atoms with van der Waals surface area (Å²) in [5.41, 5.74) is 2.64. The topological polar surface area (TPSA) is 195 Å². The Hall–Kier alpha value is -3.40. The fraction of sp³-hybridized carbons (Fsp3) is 0.700. The minimum absolute atomic E-state index is 0.0362. The Labute approximate surface area is 383 Å². The Morgan fingerprint density at radius 1 is 0.656 bits per heavy atom. The van der Waals surface area contributed by atoms with Gasteiger partial charge in [-0.25, -0.2) is 4.18 Å². The van der Waals surface area contributed by atoms with Gasteiger partial charge in [0.15, 0.2) is 12.4 Å². The minimum Gasteiger partial charge on any atom is -0.462 e. The highest BCUT2D eigenvalue weighted by Crippen LogP contribution is 2.28. The lowest BCUT2D eigenvalue weighted by Gasteiger charge is -2.43. The normalized spacial score (nSPS) is 19.2. The van der Waals surface area contributed by atoms with Crippen molar-refractivity contribution in [3.05, 3.63) is 71.8 Å². The molecule has 1 aliphatic heterocycles. The molecule has 0 radical (unpaired) electrons. The zero-order valence-electron chi connectivity index (χ0n) is 38.5. The lowest BCUT2D eigenvalue weighted by atomic mass is 9.96. The summed E-state index contributed by atoms with van der Waals surface area (Å²) in [5.74, 6) is -1.81. The van der Waals surface area contributed by atoms with E-state index in [1.54, 1.807) is 0 Å². The summed E-state index contributed by atoms with van der Waals surface area (Å²) in [6, 6.07) is 19.1. The Kier molecular flexibility index (Phi) is 28.4. The van der Waals surface area contributed by atoms with E-state index in [4.69, 9.17) is 18.4 Å². The van der Waals surface area contributed by atoms with E-state index >= 15 is 0 Å². The first kappa shape index (κ1) is 54.9. The molecule has 1 amide bonds. The first-order valence-electron chi connectivity index (χ1n) is 24.3. The van der Waals surface area contributed by atoms with Crippen LogP contribution in [0.5, 0.6) is 0 Å². The highest BCUT2D eigenvalue weighted by molar-refractivity contribution is 7.80. The van der Waals surface area contributed by atoms with Gasteiger partial charge in [0.25, 0.3) is 0 Å². The number of aliphatic hydroxyl groups excluding tert-OH is 2. The molecule has 14 heteroatoms. The highest BCUT2D eigenvalue weighted by atomic mass is 32.3. The molecule has 6 atom stereocenters. The third-order valence-electron chi connectivity index (χ3n) is 11.9. The molecule has 0 aromatic heterocycles. The molecule has 4 N–H and O–H groups in total. The lowest BCUT2D eigenvalue weighted by Crippen LogP contribution is -2.66. The standard InChI is InChI=1S/C50H79NO12S/c1-2-3-4-5-6-7-8-15-26-35-42(60-45(54)36-27-16-11-9-13-20-29-40-31-22-18-23-32-40)38-44(53)51-47-49(48(63-64(57,58)59)43(39-52)61-50(47)56)62-46(55)37-28-17-12-10-14-21-30-41-33-24-19-25-34-41/h18-19,22-25,31-34,42-43,47-50,52,56H,2-17,20-21,26-30,35-39H2,1H3,(H,51,53)(H,57,58,59)/t42-,43?,47?,48-,49-,50-/m1/s1. The van der Waals surface area contributed by atoms with Crippen molar-refractivity contribution in [2.24, 2.45) is 0 Å². The van der Waals surface area contributed by atoms with Gasteiger partial charge in [0.1, 0.15) is 24.4 Å². The van der Waals surface area contributed by atoms with Crippen LogP contribution in [0.15, 0.2) is 60.7 Å². The molecule has 0 aliphatic carbocycles. The molecular weight excluding hydrogens is 839 g/mol. The number of carbonyl (C=O) groups excluding carboxylic acids is 3. The van der Waals surface area contributed by atoms with Crippen LogP contribution >= 0.6 is 0 Å². The number of hydrogen-bond acceptors (Lipinski definition) is 11. The molecule has 362 valence electrons. The number of nitrogens with one attached hydrogen (secondary N) is 1. The average Bonchev–Trinajstić information content (AvgIpc) is 3.27. The van der Waals surface area contributed by atoms with Crippen molar-refractivity contribution in [2.75, 3.05) is 6.61 Å². The summed E-state index contributed by atoms with van der Waals surface area (Å²) < 4.78 is 55.3. The van der Waals surface area contributed by atoms with E-state index < -0.39 is 71.6 Å². The first-order chi connectivity index (χ1) is 31.0. The summed E-state index contributed by atoms with van der Waals surface area (Å²) in [5, 5.41) is 23.6. The van der Waals surface area contributed by atoms with Crippen molar-refractivity contribution in [2.45, 2.75) is 217 Å². The molecule has 1 fully saturated rings. The molecular formula is C50H79NO12S. The van der Waals surface area contributed by atoms with Crippen LogP contribution < -0.4 is 5.32 Å². The number of aliphatic hydroxyl groups is 2. The summed E-state index contributed by atoms with van der Waals surface area (Å²) in [4.78, 5) is 40.0. The number of ether oxygens (including phenoxy) is 3. The van der Waals surface area contributed by atoms with Crippen molar-refractivity contribution in [3.8, 4) is 0 Å². The van der Waals surface area contributed by atoms with Gasteiger partial charge in [-0.3, -0.25) is 18.9 Å². The van der Waals surface area contributed by atoms with E-state index in [0.29, 0.717) is 19.3 Å². The van der Waals surface area contributed by atoms with E-state index in [1.165, 1.54) is 43.2 Å². The van der Waals surface area contributed by atoms with Gasteiger partial charge >= 0.3 is 22.3 Å². The molecule has 13 nitrogen and oxygen atoms in total. The maximum absolute atomic E-state index is 13.7. The van der Waals surface area contributed by atoms with Crippen molar-refractivity contribution < 1.29 is 56.0 Å². The van der Waals surface area contributed by atoms with Gasteiger partial charge in [-0.05, 0) is 62.5 Å². The number of benzene rings is 2. The molecule has 64 heavy (non-hydrogen) atoms. The van der Waals surface area contributed by atoms with Crippen LogP contribution in [0.1, 0.15) is 179 Å². The molecule has 2 aromatic carbocycles. The second-order valence-electron chi connectivity index (χ2n) is 17.4. The fourth-order valence-corrected chi connectivity index (χ4v) is 8.82. The monoisotopic (exact) mass is 918 g/mol. The lowest BCUT2D eigenvalue weighted by molar-refractivity contribution is -0.254. The van der Waals surface area contributed by atoms with Gasteiger partial charge in [0, 0.05) is 12.8 Å². The molecule has 1 aliphatic rings. The van der Waals surface area contributed by atoms with Crippen molar-refractivity contribution >= 4 is 28.2 Å². The number of amides is 1. The number of hydrogen-bond donors (Lipinski definition) is 4. The van der Waals surface area contributed by atoms with Gasteiger partial charge in [0.2, 0.25) is 5.91 Å². The summed E-state index contributed by atoms with van der Waals surface area (Å²) in [6.07, 6.45) is 15.7. The average molecular weight is 918 g/mol. The second kappa shape index (κ2) is 33.1. The quantitative estimate of drug-likeness (QED) is 0.0288. The summed E-state index contributed by atoms with van der Waals surface area (Å²) >= 11 is 0. The highest BCUT2D eigenvalue weighted by Gasteiger charge is 2.50. The molecule has 2 aromatic rings. The van der Waals surface area contributed by atoms with Crippen molar-refractivity contribution in [1.82, 2.24) is 5.32 Å². The molecule has 3 rings (SSSR count). The van der Waals surface area contributed by atoms with Crippen LogP contribution in [0.4, 0.5) is 0 Å². The van der Waals surface area contributed by atoms with Crippen LogP contribution in [0, 0.1) is 0 Å². The third-order valence-corrected chi connectivity index (χ3v) is 12.4. The van der Waals surface area contributed by atoms with E-state index in [0.717, 1.165) is 103 Å². The first-order valence-corrected chi connectivity index (χ1v) is 25.7. The SMILES string of the molecule is CCCCCCCCCCC[C@H](CC(=O)NC1[C@H](O)OC(CO)[C@@H](OS(=O)(=O)O)[C@@H]1OC(=O)CCCCCCCCc1ccccc1)OC(=O)CCCCCCCCc1ccccc1. The fourth-order valence-electron chi connectivity index (χ4n) is 8.31. The zero-order chi connectivity index (χ0) is 46.3. The number of esters is 2. The Morgan fingerprint density at radius 2 is 1.12 bits per heavy atom. The van der Waals surface area contributed by atoms with Gasteiger partial charge in [-0.15, -0.1) is 0 Å². The van der Waals surface area contributed by atoms with Gasteiger partial charge in [-0.1, -0.05) is 170 Å². The number of rotatable bonds is 36. The maximum Gasteiger partial charge on any atom is 0.397 e. The van der Waals surface area contributed by atoms with Crippen LogP contribution in [0.3, 0.4) is 0 Å². The molecule has 0 spiro atoms. The van der Waals surface area contributed by atoms with E-state index in [1.807, 2.05) is 24.3 Å². The molecule has 0 saturated carbocycles. The Morgan fingerprint density at radius 3 is 1.62 bits per heavy atom. The van der Waals surface area contributed by atoms with Crippen LogP contribution in [0.2, 0.25) is 0 Å². The van der Waals surface area contributed by atoms with Crippen molar-refractivity contribution in [1.29, 1.82) is 0 Å². The van der Waals surface area contributed by atoms with E-state index in [-0.39, 0.29) is 19.3 Å². The van der Waals surface area contributed by atoms with Crippen LogP contribution in [0.25, 0.3) is 0 Å². The predicted octanol–water partition coefficient (Wildman–Crippen LogP) is 9.45. The van der Waals surface area contributed by atoms with Crippen LogP contribution in [-0.4, -0.2) is 84.4 Å². The van der Waals surface area contributed by atoms with Gasteiger partial charge in [-0.2, -0.15) is 8.42 Å². The van der Waals surface area contributed by atoms with Crippen LogP contribution in [-0.2, 0) is 56.0 Å². The smallest absolute Gasteiger partial charge is 0.397 e. The van der Waals surface area contributed by atoms with E-state index in [2.05, 4.69) is 48.6 Å². The molecule has 0 bridgehead atoms. The third kappa shape index (κ3) is 24.8. The second-order valence-corrected chi connectivity index (χ2v) is 18.5. The Balaban J connectivity index is 1.55. The number of aryl methyl sites for hydroxylation is 2. The zero-order valence-corrected chi connectivity index (χ0v) is 39.3. The predicted molar refractivity (Wildman–Crippen MR) is 247 cm³/mol. The summed E-state index contributed by atoms with van der Waals surface area (Å²) in [7, 11) is -5.17. The largest absolute Gasteiger partial charge is 0.462 e. The minimum atomic E-state index is -5.17. The molecule has 2 unspecified atom stereocenters. The maximum atomic E-state index is 13.7. The summed E-state index contributed by atoms with van der Waals surface area (Å²) in [6.45, 7) is 1.33. The van der Waals surface area contributed by atoms with E-state index in [9.17, 15) is 37.6 Å². The van der Waals surface area contributed by atoms with Crippen molar-refractivity contribution in [3.63, 3.8) is 0 Å². The number of carbonyl (C=O) groups is 3. The Bertz CT molecular complexity index is 1650.